The van der Waals surface area contributed by atoms with Crippen molar-refractivity contribution in [3.8, 4) is 0 Å². The van der Waals surface area contributed by atoms with E-state index in [1.807, 2.05) is 6.92 Å². The number of halogens is 2. The Morgan fingerprint density at radius 1 is 1.35 bits per heavy atom. The lowest BCUT2D eigenvalue weighted by molar-refractivity contribution is -0.146. The quantitative estimate of drug-likeness (QED) is 0.524. The molecule has 128 valence electrons. The van der Waals surface area contributed by atoms with E-state index in [1.165, 1.54) is 23.9 Å². The van der Waals surface area contributed by atoms with Gasteiger partial charge in [-0.15, -0.1) is 11.8 Å². The number of hydrogen-bond acceptors (Lipinski definition) is 4. The van der Waals surface area contributed by atoms with E-state index >= 15 is 0 Å². The Hall–Kier alpha value is -1.08. The highest BCUT2D eigenvalue weighted by molar-refractivity contribution is 9.10. The second-order valence-electron chi connectivity index (χ2n) is 5.31. The highest BCUT2D eigenvalue weighted by atomic mass is 79.9. The van der Waals surface area contributed by atoms with E-state index in [4.69, 9.17) is 4.74 Å². The van der Waals surface area contributed by atoms with Crippen LogP contribution in [0.15, 0.2) is 21.5 Å². The first-order chi connectivity index (χ1) is 10.7. The number of anilines is 1. The van der Waals surface area contributed by atoms with Gasteiger partial charge in [0.25, 0.3) is 0 Å². The molecule has 0 radical (unpaired) electrons. The first kappa shape index (κ1) is 20.0. The summed E-state index contributed by atoms with van der Waals surface area (Å²) < 4.78 is 19.6. The number of carbonyl (C=O) groups is 2. The summed E-state index contributed by atoms with van der Waals surface area (Å²) >= 11 is 4.53. The minimum Gasteiger partial charge on any atom is -0.462 e. The van der Waals surface area contributed by atoms with Crippen LogP contribution in [-0.2, 0) is 14.3 Å². The van der Waals surface area contributed by atoms with Crippen molar-refractivity contribution in [2.45, 2.75) is 56.8 Å². The number of esters is 1. The van der Waals surface area contributed by atoms with Crippen LogP contribution in [0.3, 0.4) is 0 Å². The van der Waals surface area contributed by atoms with Gasteiger partial charge >= 0.3 is 5.97 Å². The van der Waals surface area contributed by atoms with Gasteiger partial charge in [0, 0.05) is 15.8 Å². The first-order valence-electron chi connectivity index (χ1n) is 7.40. The molecule has 0 heterocycles. The zero-order valence-electron chi connectivity index (χ0n) is 13.6. The van der Waals surface area contributed by atoms with Crippen molar-refractivity contribution < 1.29 is 18.7 Å². The van der Waals surface area contributed by atoms with Gasteiger partial charge in [0.15, 0.2) is 0 Å². The molecular formula is C16H21BrFNO3S. The van der Waals surface area contributed by atoms with E-state index < -0.39 is 11.1 Å². The molecule has 7 heteroatoms. The van der Waals surface area contributed by atoms with Gasteiger partial charge in [-0.25, -0.2) is 4.39 Å². The van der Waals surface area contributed by atoms with Crippen molar-refractivity contribution in [1.82, 2.24) is 0 Å². The van der Waals surface area contributed by atoms with Crippen LogP contribution in [0, 0.1) is 5.82 Å². The highest BCUT2D eigenvalue weighted by Gasteiger charge is 2.20. The fourth-order valence-electron chi connectivity index (χ4n) is 1.72. The summed E-state index contributed by atoms with van der Waals surface area (Å²) in [6.45, 7) is 7.16. The molecule has 1 rings (SSSR count). The van der Waals surface area contributed by atoms with E-state index in [1.54, 1.807) is 20.8 Å². The van der Waals surface area contributed by atoms with Crippen LogP contribution >= 0.6 is 27.7 Å². The van der Waals surface area contributed by atoms with E-state index in [2.05, 4.69) is 21.2 Å². The molecule has 1 unspecified atom stereocenters. The summed E-state index contributed by atoms with van der Waals surface area (Å²) in [6, 6.07) is 2.81. The zero-order chi connectivity index (χ0) is 17.6. The van der Waals surface area contributed by atoms with Gasteiger partial charge in [-0.1, -0.05) is 6.92 Å². The fraction of sp³-hybridized carbons (Fsp3) is 0.500. The largest absolute Gasteiger partial charge is 0.462 e. The van der Waals surface area contributed by atoms with E-state index in [-0.39, 0.29) is 23.7 Å². The molecular weight excluding hydrogens is 385 g/mol. The predicted molar refractivity (Wildman–Crippen MR) is 94.2 cm³/mol. The topological polar surface area (TPSA) is 55.4 Å². The lowest BCUT2D eigenvalue weighted by atomic mass is 10.2. The molecule has 0 spiro atoms. The average molecular weight is 406 g/mol. The Morgan fingerprint density at radius 3 is 2.57 bits per heavy atom. The van der Waals surface area contributed by atoms with Crippen LogP contribution in [0.4, 0.5) is 10.1 Å². The molecule has 1 atom stereocenters. The molecule has 1 amide bonds. The number of ether oxygens (including phenoxy) is 1. The molecule has 0 aliphatic heterocycles. The maximum absolute atomic E-state index is 14.0. The highest BCUT2D eigenvalue weighted by Crippen LogP contribution is 2.35. The van der Waals surface area contributed by atoms with Crippen molar-refractivity contribution in [3.05, 3.63) is 22.4 Å². The minimum atomic E-state index is -0.525. The molecule has 0 bridgehead atoms. The number of amides is 1. The second kappa shape index (κ2) is 9.27. The number of rotatable bonds is 7. The zero-order valence-corrected chi connectivity index (χ0v) is 16.0. The average Bonchev–Trinajstić information content (AvgIpc) is 2.43. The predicted octanol–water partition coefficient (Wildman–Crippen LogP) is 4.76. The van der Waals surface area contributed by atoms with E-state index in [0.717, 1.165) is 0 Å². The first-order valence-corrected chi connectivity index (χ1v) is 9.07. The van der Waals surface area contributed by atoms with Crippen LogP contribution in [0.1, 0.15) is 40.5 Å². The van der Waals surface area contributed by atoms with Crippen molar-refractivity contribution >= 4 is 45.3 Å². The third kappa shape index (κ3) is 6.51. The van der Waals surface area contributed by atoms with Gasteiger partial charge in [-0.2, -0.15) is 0 Å². The summed E-state index contributed by atoms with van der Waals surface area (Å²) in [5.74, 6) is -1.10. The maximum Gasteiger partial charge on any atom is 0.319 e. The SMILES string of the molecule is CCCC(=O)Nc1cc(SC(C)C(=O)OC(C)C)c(Br)cc1F. The molecule has 0 saturated heterocycles. The Bertz CT molecular complexity index is 581. The smallest absolute Gasteiger partial charge is 0.319 e. The molecule has 23 heavy (non-hydrogen) atoms. The number of hydrogen-bond donors (Lipinski definition) is 1. The van der Waals surface area contributed by atoms with E-state index in [9.17, 15) is 14.0 Å². The normalized spacial score (nSPS) is 12.1. The van der Waals surface area contributed by atoms with Crippen LogP contribution in [0.25, 0.3) is 0 Å². The van der Waals surface area contributed by atoms with Crippen LogP contribution < -0.4 is 5.32 Å². The van der Waals surface area contributed by atoms with Crippen molar-refractivity contribution in [3.63, 3.8) is 0 Å². The summed E-state index contributed by atoms with van der Waals surface area (Å²) in [4.78, 5) is 24.2. The Labute approximate surface area is 148 Å². The minimum absolute atomic E-state index is 0.110. The molecule has 1 N–H and O–H groups in total. The van der Waals surface area contributed by atoms with Crippen molar-refractivity contribution in [2.24, 2.45) is 0 Å². The van der Waals surface area contributed by atoms with Crippen LogP contribution in [-0.4, -0.2) is 23.2 Å². The van der Waals surface area contributed by atoms with Gasteiger partial charge in [0.2, 0.25) is 5.91 Å². The Kier molecular flexibility index (Phi) is 8.05. The second-order valence-corrected chi connectivity index (χ2v) is 7.54. The van der Waals surface area contributed by atoms with Gasteiger partial charge in [-0.3, -0.25) is 9.59 Å². The molecule has 0 fully saturated rings. The summed E-state index contributed by atoms with van der Waals surface area (Å²) in [5, 5.41) is 2.10. The lowest BCUT2D eigenvalue weighted by Gasteiger charge is -2.15. The molecule has 0 aromatic heterocycles. The maximum atomic E-state index is 14.0. The van der Waals surface area contributed by atoms with Gasteiger partial charge in [0.1, 0.15) is 11.1 Å². The standard InChI is InChI=1S/C16H21BrFNO3S/c1-5-6-15(20)19-13-8-14(11(17)7-12(13)18)23-10(4)16(21)22-9(2)3/h7-10H,5-6H2,1-4H3,(H,19,20). The Balaban J connectivity index is 2.90. The lowest BCUT2D eigenvalue weighted by Crippen LogP contribution is -2.20. The molecule has 4 nitrogen and oxygen atoms in total. The van der Waals surface area contributed by atoms with Crippen LogP contribution in [0.5, 0.6) is 0 Å². The molecule has 1 aromatic rings. The monoisotopic (exact) mass is 405 g/mol. The van der Waals surface area contributed by atoms with Gasteiger partial charge in [-0.05, 0) is 55.3 Å². The fourth-order valence-corrected chi connectivity index (χ4v) is 3.21. The molecule has 0 aliphatic rings. The third-order valence-corrected chi connectivity index (χ3v) is 4.82. The summed E-state index contributed by atoms with van der Waals surface area (Å²) in [7, 11) is 0. The van der Waals surface area contributed by atoms with Gasteiger partial charge in [0.05, 0.1) is 11.8 Å². The number of carbonyl (C=O) groups excluding carboxylic acids is 2. The van der Waals surface area contributed by atoms with Gasteiger partial charge < -0.3 is 10.1 Å². The van der Waals surface area contributed by atoms with Crippen LogP contribution in [0.2, 0.25) is 0 Å². The summed E-state index contributed by atoms with van der Waals surface area (Å²) in [5.41, 5.74) is 0.110. The number of benzene rings is 1. The number of thioether (sulfide) groups is 1. The third-order valence-electron chi connectivity index (χ3n) is 2.76. The van der Waals surface area contributed by atoms with Crippen molar-refractivity contribution in [1.29, 1.82) is 0 Å². The molecule has 0 aliphatic carbocycles. The van der Waals surface area contributed by atoms with E-state index in [0.29, 0.717) is 22.2 Å². The summed E-state index contributed by atoms with van der Waals surface area (Å²) in [6.07, 6.45) is 0.824. The molecule has 1 aromatic carbocycles. The molecule has 0 saturated carbocycles. The Morgan fingerprint density at radius 2 is 2.00 bits per heavy atom. The van der Waals surface area contributed by atoms with Crippen molar-refractivity contribution in [2.75, 3.05) is 5.32 Å². The number of nitrogens with one attached hydrogen (secondary N) is 1.